The van der Waals surface area contributed by atoms with Gasteiger partial charge in [-0.05, 0) is 6.42 Å². The van der Waals surface area contributed by atoms with Crippen LogP contribution in [0, 0.1) is 11.3 Å². The van der Waals surface area contributed by atoms with Gasteiger partial charge >= 0.3 is 0 Å². The van der Waals surface area contributed by atoms with Gasteiger partial charge in [0.1, 0.15) is 6.04 Å². The van der Waals surface area contributed by atoms with Gasteiger partial charge in [-0.25, -0.2) is 0 Å². The molecule has 1 atom stereocenters. The zero-order chi connectivity index (χ0) is 15.3. The molecule has 4 nitrogen and oxygen atoms in total. The second kappa shape index (κ2) is 11.6. The summed E-state index contributed by atoms with van der Waals surface area (Å²) in [5.74, 6) is 0.158. The lowest BCUT2D eigenvalue weighted by Gasteiger charge is -2.32. The quantitative estimate of drug-likeness (QED) is 0.629. The van der Waals surface area contributed by atoms with Crippen LogP contribution >= 0.6 is 0 Å². The number of nitrogens with zero attached hydrogens (tertiary/aromatic N) is 2. The summed E-state index contributed by atoms with van der Waals surface area (Å²) >= 11 is 0. The lowest BCUT2D eigenvalue weighted by atomic mass is 10.1. The molecule has 0 aliphatic carbocycles. The van der Waals surface area contributed by atoms with E-state index in [2.05, 4.69) is 18.3 Å². The first-order valence-corrected chi connectivity index (χ1v) is 8.69. The van der Waals surface area contributed by atoms with E-state index in [1.807, 2.05) is 0 Å². The lowest BCUT2D eigenvalue weighted by molar-refractivity contribution is -0.133. The maximum Gasteiger partial charge on any atom is 0.223 e. The third kappa shape index (κ3) is 7.47. The number of unbranched alkanes of at least 4 members (excludes halogenated alkanes) is 8. The minimum atomic E-state index is -0.273. The number of amides is 1. The first-order valence-electron chi connectivity index (χ1n) is 8.69. The van der Waals surface area contributed by atoms with E-state index in [0.29, 0.717) is 19.5 Å². The van der Waals surface area contributed by atoms with Crippen LogP contribution in [0.4, 0.5) is 0 Å². The Morgan fingerprint density at radius 1 is 1.14 bits per heavy atom. The summed E-state index contributed by atoms with van der Waals surface area (Å²) in [6.45, 7) is 4.34. The molecular formula is C17H31N3O. The highest BCUT2D eigenvalue weighted by atomic mass is 16.2. The van der Waals surface area contributed by atoms with E-state index in [0.717, 1.165) is 19.4 Å². The number of carbonyl (C=O) groups excluding carboxylic acids is 1. The molecule has 4 heteroatoms. The van der Waals surface area contributed by atoms with E-state index in [1.165, 1.54) is 44.9 Å². The molecule has 1 amide bonds. The number of carbonyl (C=O) groups is 1. The fourth-order valence-corrected chi connectivity index (χ4v) is 2.85. The molecule has 1 N–H and O–H groups in total. The maximum absolute atomic E-state index is 12.1. The molecule has 0 aromatic heterocycles. The maximum atomic E-state index is 12.1. The molecule has 0 aromatic carbocycles. The summed E-state index contributed by atoms with van der Waals surface area (Å²) in [6.07, 6.45) is 12.0. The number of nitriles is 1. The summed E-state index contributed by atoms with van der Waals surface area (Å²) < 4.78 is 0. The lowest BCUT2D eigenvalue weighted by Crippen LogP contribution is -2.52. The largest absolute Gasteiger partial charge is 0.324 e. The molecule has 1 rings (SSSR count). The second-order valence-electron chi connectivity index (χ2n) is 6.01. The van der Waals surface area contributed by atoms with Gasteiger partial charge < -0.3 is 10.2 Å². The van der Waals surface area contributed by atoms with Crippen molar-refractivity contribution in [3.8, 4) is 6.07 Å². The van der Waals surface area contributed by atoms with Crippen molar-refractivity contribution in [1.29, 1.82) is 5.26 Å². The van der Waals surface area contributed by atoms with Crippen LogP contribution in [-0.2, 0) is 4.79 Å². The average Bonchev–Trinajstić information content (AvgIpc) is 2.53. The summed E-state index contributed by atoms with van der Waals surface area (Å²) in [7, 11) is 0. The Morgan fingerprint density at radius 2 is 1.76 bits per heavy atom. The van der Waals surface area contributed by atoms with Gasteiger partial charge in [0.25, 0.3) is 0 Å². The third-order valence-electron chi connectivity index (χ3n) is 4.21. The molecule has 1 fully saturated rings. The zero-order valence-electron chi connectivity index (χ0n) is 13.6. The predicted octanol–water partition coefficient (Wildman–Crippen LogP) is 3.23. The van der Waals surface area contributed by atoms with Crippen molar-refractivity contribution in [2.75, 3.05) is 19.6 Å². The molecule has 120 valence electrons. The van der Waals surface area contributed by atoms with E-state index in [9.17, 15) is 4.79 Å². The van der Waals surface area contributed by atoms with Crippen LogP contribution in [0.1, 0.15) is 71.1 Å². The molecule has 1 aliphatic heterocycles. The minimum Gasteiger partial charge on any atom is -0.324 e. The summed E-state index contributed by atoms with van der Waals surface area (Å²) in [5, 5.41) is 12.2. The zero-order valence-corrected chi connectivity index (χ0v) is 13.6. The van der Waals surface area contributed by atoms with E-state index in [1.54, 1.807) is 4.90 Å². The molecule has 0 radical (unpaired) electrons. The Labute approximate surface area is 129 Å². The van der Waals surface area contributed by atoms with Crippen LogP contribution in [0.2, 0.25) is 0 Å². The third-order valence-corrected chi connectivity index (χ3v) is 4.21. The van der Waals surface area contributed by atoms with Crippen molar-refractivity contribution in [3.63, 3.8) is 0 Å². The van der Waals surface area contributed by atoms with Crippen molar-refractivity contribution < 1.29 is 4.79 Å². The highest BCUT2D eigenvalue weighted by Gasteiger charge is 2.25. The van der Waals surface area contributed by atoms with E-state index in [4.69, 9.17) is 5.26 Å². The Hall–Kier alpha value is -1.08. The fourth-order valence-electron chi connectivity index (χ4n) is 2.85. The molecule has 1 aliphatic rings. The van der Waals surface area contributed by atoms with Crippen LogP contribution in [0.15, 0.2) is 0 Å². The topological polar surface area (TPSA) is 56.1 Å². The molecule has 0 aromatic rings. The van der Waals surface area contributed by atoms with Crippen LogP contribution < -0.4 is 5.32 Å². The molecule has 21 heavy (non-hydrogen) atoms. The number of hydrogen-bond donors (Lipinski definition) is 1. The van der Waals surface area contributed by atoms with Gasteiger partial charge in [0.2, 0.25) is 5.91 Å². The van der Waals surface area contributed by atoms with Crippen LogP contribution in [0.25, 0.3) is 0 Å². The SMILES string of the molecule is CCCCCCCCCCCC(=O)N1CCNCC1C#N. The van der Waals surface area contributed by atoms with Gasteiger partial charge in [0, 0.05) is 26.1 Å². The van der Waals surface area contributed by atoms with Crippen LogP contribution in [-0.4, -0.2) is 36.5 Å². The van der Waals surface area contributed by atoms with Crippen molar-refractivity contribution in [2.24, 2.45) is 0 Å². The molecule has 0 bridgehead atoms. The molecule has 1 heterocycles. The van der Waals surface area contributed by atoms with Crippen molar-refractivity contribution in [3.05, 3.63) is 0 Å². The Bertz CT molecular complexity index is 324. The van der Waals surface area contributed by atoms with E-state index >= 15 is 0 Å². The molecule has 0 saturated carbocycles. The van der Waals surface area contributed by atoms with Gasteiger partial charge in [0.05, 0.1) is 6.07 Å². The standard InChI is InChI=1S/C17H31N3O/c1-2-3-4-5-6-7-8-9-10-11-17(21)20-13-12-19-15-16(20)14-18/h16,19H,2-13,15H2,1H3. The Kier molecular flexibility index (Phi) is 9.90. The summed E-state index contributed by atoms with van der Waals surface area (Å²) in [5.41, 5.74) is 0. The number of rotatable bonds is 10. The highest BCUT2D eigenvalue weighted by molar-refractivity contribution is 5.77. The monoisotopic (exact) mass is 293 g/mol. The highest BCUT2D eigenvalue weighted by Crippen LogP contribution is 2.12. The summed E-state index contributed by atoms with van der Waals surface area (Å²) in [4.78, 5) is 13.9. The second-order valence-corrected chi connectivity index (χ2v) is 6.01. The van der Waals surface area contributed by atoms with Crippen molar-refractivity contribution in [1.82, 2.24) is 10.2 Å². The number of nitrogens with one attached hydrogen (secondary N) is 1. The first kappa shape index (κ1) is 18.0. The first-order chi connectivity index (χ1) is 10.3. The molecular weight excluding hydrogens is 262 g/mol. The van der Waals surface area contributed by atoms with Crippen molar-refractivity contribution >= 4 is 5.91 Å². The van der Waals surface area contributed by atoms with E-state index < -0.39 is 0 Å². The normalized spacial score (nSPS) is 18.5. The van der Waals surface area contributed by atoms with Gasteiger partial charge in [-0.3, -0.25) is 4.79 Å². The van der Waals surface area contributed by atoms with Gasteiger partial charge in [-0.2, -0.15) is 5.26 Å². The van der Waals surface area contributed by atoms with Crippen molar-refractivity contribution in [2.45, 2.75) is 77.2 Å². The van der Waals surface area contributed by atoms with E-state index in [-0.39, 0.29) is 11.9 Å². The molecule has 1 unspecified atom stereocenters. The number of piperazine rings is 1. The summed E-state index contributed by atoms with van der Waals surface area (Å²) in [6, 6.07) is 1.94. The Balaban J connectivity index is 2.01. The average molecular weight is 293 g/mol. The predicted molar refractivity (Wildman–Crippen MR) is 85.8 cm³/mol. The fraction of sp³-hybridized carbons (Fsp3) is 0.882. The minimum absolute atomic E-state index is 0.158. The van der Waals surface area contributed by atoms with Crippen LogP contribution in [0.5, 0.6) is 0 Å². The van der Waals surface area contributed by atoms with Gasteiger partial charge in [-0.15, -0.1) is 0 Å². The molecule has 0 spiro atoms. The smallest absolute Gasteiger partial charge is 0.223 e. The van der Waals surface area contributed by atoms with Gasteiger partial charge in [0.15, 0.2) is 0 Å². The number of hydrogen-bond acceptors (Lipinski definition) is 3. The molecule has 1 saturated heterocycles. The Morgan fingerprint density at radius 3 is 2.38 bits per heavy atom. The van der Waals surface area contributed by atoms with Gasteiger partial charge in [-0.1, -0.05) is 58.3 Å². The van der Waals surface area contributed by atoms with Crippen LogP contribution in [0.3, 0.4) is 0 Å².